The van der Waals surface area contributed by atoms with Gasteiger partial charge < -0.3 is 0 Å². The van der Waals surface area contributed by atoms with Gasteiger partial charge in [0.05, 0.1) is 12.1 Å². The highest BCUT2D eigenvalue weighted by Crippen LogP contribution is 2.32. The molecule has 1 unspecified atom stereocenters. The fourth-order valence-corrected chi connectivity index (χ4v) is 2.43. The van der Waals surface area contributed by atoms with Crippen LogP contribution in [0.4, 0.5) is 0 Å². The minimum atomic E-state index is 0.156. The van der Waals surface area contributed by atoms with Crippen molar-refractivity contribution >= 4 is 0 Å². The first-order chi connectivity index (χ1) is 5.40. The minimum Gasteiger partial charge on any atom is -0.299 e. The molecule has 0 spiro atoms. The molecule has 1 heterocycles. The Bertz CT molecular complexity index is 168. The molecule has 0 aromatic carbocycles. The molecule has 11 heavy (non-hydrogen) atoms. The van der Waals surface area contributed by atoms with Crippen LogP contribution in [0.3, 0.4) is 0 Å². The Balaban J connectivity index is 1.99. The fourth-order valence-electron chi connectivity index (χ4n) is 2.43. The van der Waals surface area contributed by atoms with Gasteiger partial charge in [-0.2, -0.15) is 5.26 Å². The molecule has 2 heteroatoms. The van der Waals surface area contributed by atoms with E-state index in [0.29, 0.717) is 6.04 Å². The van der Waals surface area contributed by atoms with Gasteiger partial charge in [0.15, 0.2) is 0 Å². The molecule has 2 aliphatic rings. The Kier molecular flexibility index (Phi) is 1.83. The van der Waals surface area contributed by atoms with Gasteiger partial charge in [-0.3, -0.25) is 5.32 Å². The number of hydrogen-bond donors (Lipinski definition) is 1. The van der Waals surface area contributed by atoms with Crippen LogP contribution in [0.5, 0.6) is 0 Å². The van der Waals surface area contributed by atoms with Gasteiger partial charge in [-0.1, -0.05) is 12.8 Å². The van der Waals surface area contributed by atoms with Gasteiger partial charge in [-0.25, -0.2) is 0 Å². The van der Waals surface area contributed by atoms with Crippen LogP contribution < -0.4 is 5.32 Å². The van der Waals surface area contributed by atoms with Crippen molar-refractivity contribution in [2.45, 2.75) is 44.2 Å². The van der Waals surface area contributed by atoms with Gasteiger partial charge in [0.25, 0.3) is 0 Å². The molecule has 0 radical (unpaired) electrons. The minimum absolute atomic E-state index is 0.156. The first-order valence-corrected chi connectivity index (χ1v) is 4.56. The summed E-state index contributed by atoms with van der Waals surface area (Å²) in [5.74, 6) is 0.813. The van der Waals surface area contributed by atoms with Crippen molar-refractivity contribution in [3.05, 3.63) is 0 Å². The molecule has 1 aliphatic heterocycles. The number of hydrogen-bond acceptors (Lipinski definition) is 2. The number of nitrogens with one attached hydrogen (secondary N) is 1. The number of fused-ring (bicyclic) bond motifs is 1. The smallest absolute Gasteiger partial charge is 0.0958 e. The van der Waals surface area contributed by atoms with Crippen LogP contribution in [0, 0.1) is 17.2 Å². The van der Waals surface area contributed by atoms with Crippen molar-refractivity contribution < 1.29 is 0 Å². The summed E-state index contributed by atoms with van der Waals surface area (Å²) in [4.78, 5) is 0. The van der Waals surface area contributed by atoms with E-state index in [-0.39, 0.29) is 6.04 Å². The van der Waals surface area contributed by atoms with E-state index in [0.717, 1.165) is 12.3 Å². The molecule has 0 bridgehead atoms. The SMILES string of the molecule is N#C[C@@H]1C[C@H]2CCCCC2N1. The molecule has 1 aliphatic carbocycles. The normalized spacial score (nSPS) is 43.0. The van der Waals surface area contributed by atoms with Crippen molar-refractivity contribution in [2.24, 2.45) is 5.92 Å². The standard InChI is InChI=1S/C9H14N2/c10-6-8-5-7-3-1-2-4-9(7)11-8/h7-9,11H,1-5H2/t7-,8+,9?/m1/s1. The van der Waals surface area contributed by atoms with Gasteiger partial charge in [-0.15, -0.1) is 0 Å². The van der Waals surface area contributed by atoms with Gasteiger partial charge in [-0.05, 0) is 25.2 Å². The predicted octanol–water partition coefficient (Wildman–Crippen LogP) is 1.43. The van der Waals surface area contributed by atoms with Crippen LogP contribution in [0.25, 0.3) is 0 Å². The van der Waals surface area contributed by atoms with E-state index in [1.807, 2.05) is 0 Å². The van der Waals surface area contributed by atoms with Crippen molar-refractivity contribution in [1.29, 1.82) is 5.26 Å². The second-order valence-electron chi connectivity index (χ2n) is 3.74. The third-order valence-electron chi connectivity index (χ3n) is 3.02. The Morgan fingerprint density at radius 2 is 2.09 bits per heavy atom. The van der Waals surface area contributed by atoms with E-state index in [1.165, 1.54) is 25.7 Å². The maximum Gasteiger partial charge on any atom is 0.0958 e. The Hall–Kier alpha value is -0.550. The Labute approximate surface area is 67.6 Å². The zero-order valence-corrected chi connectivity index (χ0v) is 6.71. The molecule has 2 fully saturated rings. The Morgan fingerprint density at radius 1 is 1.27 bits per heavy atom. The van der Waals surface area contributed by atoms with E-state index in [1.54, 1.807) is 0 Å². The zero-order valence-electron chi connectivity index (χ0n) is 6.71. The molecule has 1 saturated carbocycles. The molecule has 1 saturated heterocycles. The highest BCUT2D eigenvalue weighted by molar-refractivity contribution is 5.02. The molecule has 1 N–H and O–H groups in total. The van der Waals surface area contributed by atoms with Gasteiger partial charge >= 0.3 is 0 Å². The average Bonchev–Trinajstić information content (AvgIpc) is 2.46. The predicted molar refractivity (Wildman–Crippen MR) is 42.9 cm³/mol. The second kappa shape index (κ2) is 2.83. The summed E-state index contributed by atoms with van der Waals surface area (Å²) in [5.41, 5.74) is 0. The molecule has 60 valence electrons. The van der Waals surface area contributed by atoms with Crippen molar-refractivity contribution in [3.63, 3.8) is 0 Å². The zero-order chi connectivity index (χ0) is 7.68. The maximum atomic E-state index is 8.70. The third kappa shape index (κ3) is 1.25. The molecule has 0 aromatic rings. The van der Waals surface area contributed by atoms with E-state index < -0.39 is 0 Å². The maximum absolute atomic E-state index is 8.70. The van der Waals surface area contributed by atoms with E-state index in [2.05, 4.69) is 11.4 Å². The van der Waals surface area contributed by atoms with Crippen molar-refractivity contribution in [1.82, 2.24) is 5.32 Å². The van der Waals surface area contributed by atoms with E-state index in [4.69, 9.17) is 5.26 Å². The van der Waals surface area contributed by atoms with Crippen LogP contribution in [0.2, 0.25) is 0 Å². The van der Waals surface area contributed by atoms with Crippen LogP contribution in [-0.4, -0.2) is 12.1 Å². The third-order valence-corrected chi connectivity index (χ3v) is 3.02. The Morgan fingerprint density at radius 3 is 2.82 bits per heavy atom. The van der Waals surface area contributed by atoms with Crippen LogP contribution in [-0.2, 0) is 0 Å². The molecular weight excluding hydrogens is 136 g/mol. The monoisotopic (exact) mass is 150 g/mol. The quantitative estimate of drug-likeness (QED) is 0.567. The summed E-state index contributed by atoms with van der Waals surface area (Å²) >= 11 is 0. The van der Waals surface area contributed by atoms with Gasteiger partial charge in [0, 0.05) is 6.04 Å². The number of rotatable bonds is 0. The lowest BCUT2D eigenvalue weighted by atomic mass is 9.85. The largest absolute Gasteiger partial charge is 0.299 e. The molecule has 2 nitrogen and oxygen atoms in total. The summed E-state index contributed by atoms with van der Waals surface area (Å²) in [6.07, 6.45) is 6.47. The highest BCUT2D eigenvalue weighted by atomic mass is 15.0. The van der Waals surface area contributed by atoms with E-state index >= 15 is 0 Å². The number of nitriles is 1. The lowest BCUT2D eigenvalue weighted by Gasteiger charge is -2.23. The number of nitrogens with zero attached hydrogens (tertiary/aromatic N) is 1. The summed E-state index contributed by atoms with van der Waals surface area (Å²) in [7, 11) is 0. The van der Waals surface area contributed by atoms with Crippen molar-refractivity contribution in [3.8, 4) is 6.07 Å². The molecular formula is C9H14N2. The summed E-state index contributed by atoms with van der Waals surface area (Å²) in [6, 6.07) is 3.14. The summed E-state index contributed by atoms with van der Waals surface area (Å²) in [5, 5.41) is 12.1. The second-order valence-corrected chi connectivity index (χ2v) is 3.74. The summed E-state index contributed by atoms with van der Waals surface area (Å²) < 4.78 is 0. The lowest BCUT2D eigenvalue weighted by molar-refractivity contribution is 0.326. The highest BCUT2D eigenvalue weighted by Gasteiger charge is 2.34. The van der Waals surface area contributed by atoms with Crippen molar-refractivity contribution in [2.75, 3.05) is 0 Å². The summed E-state index contributed by atoms with van der Waals surface area (Å²) in [6.45, 7) is 0. The van der Waals surface area contributed by atoms with Crippen LogP contribution >= 0.6 is 0 Å². The first kappa shape index (κ1) is 7.12. The first-order valence-electron chi connectivity index (χ1n) is 4.56. The topological polar surface area (TPSA) is 35.8 Å². The molecule has 0 amide bonds. The van der Waals surface area contributed by atoms with Gasteiger partial charge in [0.2, 0.25) is 0 Å². The van der Waals surface area contributed by atoms with Crippen LogP contribution in [0.1, 0.15) is 32.1 Å². The van der Waals surface area contributed by atoms with Crippen LogP contribution in [0.15, 0.2) is 0 Å². The lowest BCUT2D eigenvalue weighted by Crippen LogP contribution is -2.32. The van der Waals surface area contributed by atoms with Gasteiger partial charge in [0.1, 0.15) is 0 Å². The average molecular weight is 150 g/mol. The van der Waals surface area contributed by atoms with E-state index in [9.17, 15) is 0 Å². The molecule has 0 aromatic heterocycles. The fraction of sp³-hybridized carbons (Fsp3) is 0.889. The molecule has 2 rings (SSSR count). The molecule has 3 atom stereocenters.